The molecule has 0 unspecified atom stereocenters. The highest BCUT2D eigenvalue weighted by molar-refractivity contribution is 6.21. The molecule has 0 aliphatic carbocycles. The summed E-state index contributed by atoms with van der Waals surface area (Å²) in [6.07, 6.45) is -2.44. The third kappa shape index (κ3) is 4.07. The number of amides is 3. The maximum absolute atomic E-state index is 12.4. The number of anilines is 1. The van der Waals surface area contributed by atoms with E-state index in [0.717, 1.165) is 11.0 Å². The molecule has 3 rings (SSSR count). The normalized spacial score (nSPS) is 17.1. The number of imide groups is 1. The lowest BCUT2D eigenvalue weighted by atomic mass is 10.2. The quantitative estimate of drug-likeness (QED) is 0.818. The molecule has 1 saturated heterocycles. The van der Waals surface area contributed by atoms with Gasteiger partial charge in [0.15, 0.2) is 0 Å². The lowest BCUT2D eigenvalue weighted by Gasteiger charge is -2.13. The summed E-state index contributed by atoms with van der Waals surface area (Å²) >= 11 is 0. The molecule has 1 atom stereocenters. The Morgan fingerprint density at radius 2 is 1.85 bits per heavy atom. The van der Waals surface area contributed by atoms with E-state index in [0.29, 0.717) is 0 Å². The molecule has 0 saturated carbocycles. The van der Waals surface area contributed by atoms with Gasteiger partial charge in [-0.25, -0.2) is 19.7 Å². The zero-order chi connectivity index (χ0) is 19.8. The molecule has 27 heavy (non-hydrogen) atoms. The summed E-state index contributed by atoms with van der Waals surface area (Å²) in [6, 6.07) is 2.43. The number of halogens is 3. The average molecular weight is 382 g/mol. The number of nitrogens with zero attached hydrogens (tertiary/aromatic N) is 3. The van der Waals surface area contributed by atoms with Crippen LogP contribution >= 0.6 is 0 Å². The van der Waals surface area contributed by atoms with E-state index in [4.69, 9.17) is 4.74 Å². The second kappa shape index (κ2) is 6.74. The second-order valence-electron chi connectivity index (χ2n) is 5.65. The van der Waals surface area contributed by atoms with Crippen LogP contribution in [0.2, 0.25) is 0 Å². The van der Waals surface area contributed by atoms with Gasteiger partial charge in [-0.2, -0.15) is 0 Å². The van der Waals surface area contributed by atoms with Crippen LogP contribution in [0.5, 0.6) is 17.5 Å². The molecule has 3 amide bonds. The molecule has 1 fully saturated rings. The molecule has 2 aromatic rings. The van der Waals surface area contributed by atoms with Crippen LogP contribution in [0.25, 0.3) is 0 Å². The Balaban J connectivity index is 1.76. The molecule has 1 aliphatic rings. The molecule has 0 bridgehead atoms. The number of hydrogen-bond acceptors (Lipinski definition) is 6. The number of benzene rings is 1. The third-order valence-corrected chi connectivity index (χ3v) is 3.60. The number of carbonyl (C=O) groups is 2. The molecular weight excluding hydrogens is 369 g/mol. The first-order valence-electron chi connectivity index (χ1n) is 7.65. The van der Waals surface area contributed by atoms with Crippen molar-refractivity contribution in [3.8, 4) is 17.5 Å². The SMILES string of the molecule is Cc1ccc(Oc2ncc(N3C(=O)N[C@H](C)C3=O)cn2)cc1OC(F)(F)F. The van der Waals surface area contributed by atoms with Gasteiger partial charge in [0.2, 0.25) is 0 Å². The number of nitrogens with one attached hydrogen (secondary N) is 1. The smallest absolute Gasteiger partial charge is 0.424 e. The van der Waals surface area contributed by atoms with Gasteiger partial charge in [0.1, 0.15) is 17.5 Å². The summed E-state index contributed by atoms with van der Waals surface area (Å²) in [5.41, 5.74) is 0.405. The minimum absolute atomic E-state index is 0.0243. The Bertz CT molecular complexity index is 886. The lowest BCUT2D eigenvalue weighted by Crippen LogP contribution is -2.31. The topological polar surface area (TPSA) is 93.7 Å². The van der Waals surface area contributed by atoms with E-state index in [1.165, 1.54) is 38.4 Å². The maximum atomic E-state index is 12.4. The molecule has 1 N–H and O–H groups in total. The predicted octanol–water partition coefficient (Wildman–Crippen LogP) is 2.92. The number of aryl methyl sites for hydroxylation is 1. The number of hydrogen-bond donors (Lipinski definition) is 1. The van der Waals surface area contributed by atoms with Gasteiger partial charge in [0.05, 0.1) is 18.1 Å². The highest BCUT2D eigenvalue weighted by Gasteiger charge is 2.36. The van der Waals surface area contributed by atoms with Crippen LogP contribution in [0.1, 0.15) is 12.5 Å². The van der Waals surface area contributed by atoms with E-state index < -0.39 is 30.1 Å². The largest absolute Gasteiger partial charge is 0.573 e. The molecule has 11 heteroatoms. The molecular formula is C16H13F3N4O4. The number of alkyl halides is 3. The van der Waals surface area contributed by atoms with Crippen LogP contribution in [0.3, 0.4) is 0 Å². The Kier molecular flexibility index (Phi) is 4.60. The van der Waals surface area contributed by atoms with Crippen molar-refractivity contribution in [3.05, 3.63) is 36.2 Å². The highest BCUT2D eigenvalue weighted by atomic mass is 19.4. The first kappa shape index (κ1) is 18.4. The molecule has 0 radical (unpaired) electrons. The van der Waals surface area contributed by atoms with E-state index in [-0.39, 0.29) is 23.0 Å². The Morgan fingerprint density at radius 1 is 1.19 bits per heavy atom. The minimum Gasteiger partial charge on any atom is -0.424 e. The summed E-state index contributed by atoms with van der Waals surface area (Å²) in [5, 5.41) is 2.44. The Hall–Kier alpha value is -3.37. The predicted molar refractivity (Wildman–Crippen MR) is 85.4 cm³/mol. The first-order valence-corrected chi connectivity index (χ1v) is 7.65. The van der Waals surface area contributed by atoms with Crippen molar-refractivity contribution >= 4 is 17.6 Å². The fraction of sp³-hybridized carbons (Fsp3) is 0.250. The van der Waals surface area contributed by atoms with Crippen molar-refractivity contribution in [2.45, 2.75) is 26.3 Å². The van der Waals surface area contributed by atoms with Crippen molar-refractivity contribution in [2.24, 2.45) is 0 Å². The number of rotatable bonds is 4. The van der Waals surface area contributed by atoms with Crippen LogP contribution in [-0.4, -0.2) is 34.3 Å². The van der Waals surface area contributed by atoms with Crippen LogP contribution in [0.15, 0.2) is 30.6 Å². The van der Waals surface area contributed by atoms with Gasteiger partial charge >= 0.3 is 18.4 Å². The van der Waals surface area contributed by atoms with Crippen molar-refractivity contribution in [1.82, 2.24) is 15.3 Å². The third-order valence-electron chi connectivity index (χ3n) is 3.60. The van der Waals surface area contributed by atoms with Crippen molar-refractivity contribution in [2.75, 3.05) is 4.90 Å². The van der Waals surface area contributed by atoms with Gasteiger partial charge in [-0.05, 0) is 25.5 Å². The van der Waals surface area contributed by atoms with E-state index >= 15 is 0 Å². The van der Waals surface area contributed by atoms with Gasteiger partial charge in [-0.1, -0.05) is 6.07 Å². The fourth-order valence-corrected chi connectivity index (χ4v) is 2.31. The maximum Gasteiger partial charge on any atom is 0.573 e. The van der Waals surface area contributed by atoms with Crippen LogP contribution in [-0.2, 0) is 4.79 Å². The summed E-state index contributed by atoms with van der Waals surface area (Å²) in [4.78, 5) is 32.3. The van der Waals surface area contributed by atoms with Crippen molar-refractivity contribution < 1.29 is 32.2 Å². The number of urea groups is 1. The standard InChI is InChI=1S/C16H13F3N4O4/c1-8-3-4-11(5-12(8)27-16(17,18)19)26-14-20-6-10(7-21-14)23-13(24)9(2)22-15(23)25/h3-7,9H,1-2H3,(H,22,25)/t9-/m1/s1. The fourth-order valence-electron chi connectivity index (χ4n) is 2.31. The second-order valence-corrected chi connectivity index (χ2v) is 5.65. The number of carbonyl (C=O) groups excluding carboxylic acids is 2. The summed E-state index contributed by atoms with van der Waals surface area (Å²) < 4.78 is 46.5. The highest BCUT2D eigenvalue weighted by Crippen LogP contribution is 2.31. The summed E-state index contributed by atoms with van der Waals surface area (Å²) in [6.45, 7) is 2.99. The molecule has 2 heterocycles. The monoisotopic (exact) mass is 382 g/mol. The Morgan fingerprint density at radius 3 is 2.41 bits per heavy atom. The van der Waals surface area contributed by atoms with Gasteiger partial charge in [-0.15, -0.1) is 13.2 Å². The minimum atomic E-state index is -4.83. The van der Waals surface area contributed by atoms with Gasteiger partial charge in [-0.3, -0.25) is 4.79 Å². The van der Waals surface area contributed by atoms with Crippen LogP contribution in [0, 0.1) is 6.92 Å². The average Bonchev–Trinajstić information content (AvgIpc) is 2.83. The van der Waals surface area contributed by atoms with Gasteiger partial charge in [0.25, 0.3) is 5.91 Å². The number of aromatic nitrogens is 2. The van der Waals surface area contributed by atoms with E-state index in [1.807, 2.05) is 0 Å². The summed E-state index contributed by atoms with van der Waals surface area (Å²) in [5.74, 6) is -0.842. The van der Waals surface area contributed by atoms with Gasteiger partial charge < -0.3 is 14.8 Å². The zero-order valence-electron chi connectivity index (χ0n) is 14.1. The van der Waals surface area contributed by atoms with E-state index in [1.54, 1.807) is 0 Å². The van der Waals surface area contributed by atoms with E-state index in [9.17, 15) is 22.8 Å². The molecule has 8 nitrogen and oxygen atoms in total. The molecule has 0 spiro atoms. The number of ether oxygens (including phenoxy) is 2. The van der Waals surface area contributed by atoms with Crippen LogP contribution in [0.4, 0.5) is 23.7 Å². The molecule has 142 valence electrons. The molecule has 1 aliphatic heterocycles. The molecule has 1 aromatic heterocycles. The van der Waals surface area contributed by atoms with E-state index in [2.05, 4.69) is 20.0 Å². The zero-order valence-corrected chi connectivity index (χ0v) is 14.1. The summed E-state index contributed by atoms with van der Waals surface area (Å²) in [7, 11) is 0. The van der Waals surface area contributed by atoms with Gasteiger partial charge in [0, 0.05) is 6.07 Å². The Labute approximate surface area is 150 Å². The first-order chi connectivity index (χ1) is 12.6. The van der Waals surface area contributed by atoms with Crippen molar-refractivity contribution in [3.63, 3.8) is 0 Å². The van der Waals surface area contributed by atoms with Crippen LogP contribution < -0.4 is 19.7 Å². The molecule has 1 aromatic carbocycles. The van der Waals surface area contributed by atoms with Crippen molar-refractivity contribution in [1.29, 1.82) is 0 Å². The lowest BCUT2D eigenvalue weighted by molar-refractivity contribution is -0.274.